The molecule has 0 N–H and O–H groups in total. The van der Waals surface area contributed by atoms with Crippen LogP contribution in [0, 0.1) is 11.8 Å². The van der Waals surface area contributed by atoms with E-state index in [0.717, 1.165) is 12.5 Å². The molecule has 0 bridgehead atoms. The van der Waals surface area contributed by atoms with E-state index in [1.54, 1.807) is 12.7 Å². The van der Waals surface area contributed by atoms with E-state index >= 15 is 0 Å². The van der Waals surface area contributed by atoms with Crippen molar-refractivity contribution < 1.29 is 4.74 Å². The number of hydrogen-bond donors (Lipinski definition) is 0. The number of ether oxygens (including phenoxy) is 1. The maximum atomic E-state index is 4.99. The van der Waals surface area contributed by atoms with Crippen molar-refractivity contribution >= 4 is 0 Å². The Kier molecular flexibility index (Phi) is 4.23. The van der Waals surface area contributed by atoms with Crippen LogP contribution in [-0.2, 0) is 4.74 Å². The summed E-state index contributed by atoms with van der Waals surface area (Å²) in [5, 5.41) is 0. The maximum Gasteiger partial charge on any atom is 0.0643 e. The molecular weight excluding hydrogens is 160 g/mol. The predicted molar refractivity (Wildman–Crippen MR) is 56.7 cm³/mol. The van der Waals surface area contributed by atoms with Crippen LogP contribution in [0.3, 0.4) is 0 Å². The van der Waals surface area contributed by atoms with E-state index in [1.807, 2.05) is 0 Å². The second kappa shape index (κ2) is 5.23. The smallest absolute Gasteiger partial charge is 0.0643 e. The summed E-state index contributed by atoms with van der Waals surface area (Å²) in [6.45, 7) is 5.27. The normalized spacial score (nSPS) is 29.3. The molecule has 0 radical (unpaired) electrons. The van der Waals surface area contributed by atoms with E-state index in [0.29, 0.717) is 5.92 Å². The van der Waals surface area contributed by atoms with E-state index < -0.39 is 0 Å². The van der Waals surface area contributed by atoms with Gasteiger partial charge >= 0.3 is 0 Å². The number of rotatable bonds is 3. The minimum absolute atomic E-state index is 0.696. The SMILES string of the molecule is COCC=CC1CCC(C)=CC1C. The zero-order valence-corrected chi connectivity index (χ0v) is 8.92. The molecule has 0 fully saturated rings. The van der Waals surface area contributed by atoms with Crippen molar-refractivity contribution in [1.82, 2.24) is 0 Å². The van der Waals surface area contributed by atoms with Crippen molar-refractivity contribution in [3.05, 3.63) is 23.8 Å². The van der Waals surface area contributed by atoms with Gasteiger partial charge in [0.2, 0.25) is 0 Å². The fourth-order valence-electron chi connectivity index (χ4n) is 1.91. The fourth-order valence-corrected chi connectivity index (χ4v) is 1.91. The van der Waals surface area contributed by atoms with Gasteiger partial charge in [-0.3, -0.25) is 0 Å². The van der Waals surface area contributed by atoms with Gasteiger partial charge in [-0.2, -0.15) is 0 Å². The second-order valence-electron chi connectivity index (χ2n) is 3.96. The Hall–Kier alpha value is -0.560. The van der Waals surface area contributed by atoms with Gasteiger partial charge in [0.05, 0.1) is 6.61 Å². The summed E-state index contributed by atoms with van der Waals surface area (Å²) in [5.74, 6) is 1.42. The van der Waals surface area contributed by atoms with Crippen LogP contribution in [0.15, 0.2) is 23.8 Å². The van der Waals surface area contributed by atoms with Crippen molar-refractivity contribution in [2.45, 2.75) is 26.7 Å². The van der Waals surface area contributed by atoms with E-state index in [1.165, 1.54) is 12.8 Å². The molecule has 1 rings (SSSR count). The number of methoxy groups -OCH3 is 1. The lowest BCUT2D eigenvalue weighted by molar-refractivity contribution is 0.233. The van der Waals surface area contributed by atoms with Gasteiger partial charge in [-0.25, -0.2) is 0 Å². The lowest BCUT2D eigenvalue weighted by atomic mass is 9.82. The molecule has 0 aromatic heterocycles. The zero-order chi connectivity index (χ0) is 9.68. The van der Waals surface area contributed by atoms with Crippen LogP contribution in [0.2, 0.25) is 0 Å². The summed E-state index contributed by atoms with van der Waals surface area (Å²) in [4.78, 5) is 0. The Balaban J connectivity index is 2.44. The van der Waals surface area contributed by atoms with Crippen LogP contribution >= 0.6 is 0 Å². The van der Waals surface area contributed by atoms with Gasteiger partial charge in [0.25, 0.3) is 0 Å². The average Bonchev–Trinajstić information content (AvgIpc) is 2.09. The van der Waals surface area contributed by atoms with Crippen LogP contribution in [0.1, 0.15) is 26.7 Å². The van der Waals surface area contributed by atoms with Gasteiger partial charge in [-0.05, 0) is 31.6 Å². The molecule has 1 nitrogen and oxygen atoms in total. The molecule has 0 amide bonds. The zero-order valence-electron chi connectivity index (χ0n) is 8.92. The topological polar surface area (TPSA) is 9.23 Å². The molecule has 0 aromatic carbocycles. The Labute approximate surface area is 81.5 Å². The molecule has 1 aliphatic carbocycles. The van der Waals surface area contributed by atoms with Gasteiger partial charge in [-0.15, -0.1) is 0 Å². The third-order valence-electron chi connectivity index (χ3n) is 2.74. The monoisotopic (exact) mass is 180 g/mol. The number of allylic oxidation sites excluding steroid dienone is 3. The van der Waals surface area contributed by atoms with Crippen molar-refractivity contribution in [1.29, 1.82) is 0 Å². The highest BCUT2D eigenvalue weighted by molar-refractivity contribution is 5.09. The van der Waals surface area contributed by atoms with E-state index in [2.05, 4.69) is 32.1 Å². The molecule has 1 heteroatoms. The molecule has 0 saturated heterocycles. The highest BCUT2D eigenvalue weighted by Crippen LogP contribution is 2.28. The van der Waals surface area contributed by atoms with Gasteiger partial charge in [-0.1, -0.05) is 30.7 Å². The van der Waals surface area contributed by atoms with E-state index in [4.69, 9.17) is 4.74 Å². The summed E-state index contributed by atoms with van der Waals surface area (Å²) < 4.78 is 4.99. The van der Waals surface area contributed by atoms with E-state index in [-0.39, 0.29) is 0 Å². The lowest BCUT2D eigenvalue weighted by Crippen LogP contribution is -2.12. The quantitative estimate of drug-likeness (QED) is 0.606. The lowest BCUT2D eigenvalue weighted by Gasteiger charge is -2.23. The van der Waals surface area contributed by atoms with Crippen LogP contribution in [0.4, 0.5) is 0 Å². The Morgan fingerprint density at radius 2 is 2.38 bits per heavy atom. The standard InChI is InChI=1S/C12H20O/c1-10-6-7-12(11(2)9-10)5-4-8-13-3/h4-5,9,11-12H,6-8H2,1-3H3. The molecule has 0 aromatic rings. The number of hydrogen-bond acceptors (Lipinski definition) is 1. The van der Waals surface area contributed by atoms with Crippen LogP contribution in [-0.4, -0.2) is 13.7 Å². The molecule has 2 atom stereocenters. The highest BCUT2D eigenvalue weighted by Gasteiger charge is 2.16. The first-order chi connectivity index (χ1) is 6.24. The van der Waals surface area contributed by atoms with Crippen LogP contribution in [0.5, 0.6) is 0 Å². The fraction of sp³-hybridized carbons (Fsp3) is 0.667. The summed E-state index contributed by atoms with van der Waals surface area (Å²) in [7, 11) is 1.73. The summed E-state index contributed by atoms with van der Waals surface area (Å²) >= 11 is 0. The van der Waals surface area contributed by atoms with Gasteiger partial charge in [0.1, 0.15) is 0 Å². The molecular formula is C12H20O. The first-order valence-corrected chi connectivity index (χ1v) is 5.07. The first kappa shape index (κ1) is 10.5. The van der Waals surface area contributed by atoms with Crippen molar-refractivity contribution in [2.75, 3.05) is 13.7 Å². The van der Waals surface area contributed by atoms with Crippen LogP contribution in [0.25, 0.3) is 0 Å². The third kappa shape index (κ3) is 3.35. The third-order valence-corrected chi connectivity index (χ3v) is 2.74. The molecule has 0 spiro atoms. The maximum absolute atomic E-state index is 4.99. The summed E-state index contributed by atoms with van der Waals surface area (Å²) in [6, 6.07) is 0. The second-order valence-corrected chi connectivity index (χ2v) is 3.96. The largest absolute Gasteiger partial charge is 0.381 e. The minimum Gasteiger partial charge on any atom is -0.381 e. The molecule has 0 aliphatic heterocycles. The Bertz CT molecular complexity index is 203. The van der Waals surface area contributed by atoms with Gasteiger partial charge in [0.15, 0.2) is 0 Å². The Morgan fingerprint density at radius 3 is 3.00 bits per heavy atom. The van der Waals surface area contributed by atoms with Crippen molar-refractivity contribution in [3.8, 4) is 0 Å². The Morgan fingerprint density at radius 1 is 1.62 bits per heavy atom. The highest BCUT2D eigenvalue weighted by atomic mass is 16.5. The molecule has 1 aliphatic rings. The van der Waals surface area contributed by atoms with E-state index in [9.17, 15) is 0 Å². The van der Waals surface area contributed by atoms with Crippen molar-refractivity contribution in [3.63, 3.8) is 0 Å². The minimum atomic E-state index is 0.696. The summed E-state index contributed by atoms with van der Waals surface area (Å²) in [5.41, 5.74) is 1.55. The first-order valence-electron chi connectivity index (χ1n) is 5.07. The van der Waals surface area contributed by atoms with Gasteiger partial charge < -0.3 is 4.74 Å². The molecule has 0 heterocycles. The van der Waals surface area contributed by atoms with Crippen LogP contribution < -0.4 is 0 Å². The van der Waals surface area contributed by atoms with Crippen molar-refractivity contribution in [2.24, 2.45) is 11.8 Å². The predicted octanol–water partition coefficient (Wildman–Crippen LogP) is 3.18. The van der Waals surface area contributed by atoms with Gasteiger partial charge in [0, 0.05) is 7.11 Å². The molecule has 13 heavy (non-hydrogen) atoms. The molecule has 0 saturated carbocycles. The average molecular weight is 180 g/mol. The summed E-state index contributed by atoms with van der Waals surface area (Å²) in [6.07, 6.45) is 9.38. The molecule has 74 valence electrons. The molecule has 2 unspecified atom stereocenters.